The first kappa shape index (κ1) is 29.0. The Hall–Kier alpha value is -3.53. The Labute approximate surface area is 223 Å². The number of amides is 1. The van der Waals surface area contributed by atoms with Gasteiger partial charge in [0.25, 0.3) is 0 Å². The van der Waals surface area contributed by atoms with Gasteiger partial charge in [-0.1, -0.05) is 31.5 Å². The van der Waals surface area contributed by atoms with Crippen molar-refractivity contribution in [2.75, 3.05) is 32.1 Å². The van der Waals surface area contributed by atoms with Crippen molar-refractivity contribution < 1.29 is 23.9 Å². The number of carbonyl (C=O) groups is 3. The van der Waals surface area contributed by atoms with E-state index in [9.17, 15) is 14.4 Å². The number of carbonyl (C=O) groups excluding carboxylic acids is 3. The molecule has 0 aliphatic carbocycles. The molecule has 0 radical (unpaired) electrons. The largest absolute Gasteiger partial charge is 0.463 e. The normalized spacial score (nSPS) is 11.2. The number of aryl methyl sites for hydroxylation is 2. The molecule has 1 amide bonds. The Morgan fingerprint density at radius 3 is 2.61 bits per heavy atom. The van der Waals surface area contributed by atoms with Crippen LogP contribution in [0.15, 0.2) is 24.3 Å². The molecule has 10 heteroatoms. The fourth-order valence-corrected chi connectivity index (χ4v) is 4.29. The quantitative estimate of drug-likeness (QED) is 0.201. The van der Waals surface area contributed by atoms with Gasteiger partial charge in [-0.15, -0.1) is 0 Å². The molecule has 0 fully saturated rings. The van der Waals surface area contributed by atoms with Gasteiger partial charge in [0.15, 0.2) is 5.82 Å². The van der Waals surface area contributed by atoms with Crippen LogP contribution in [-0.2, 0) is 36.8 Å². The third kappa shape index (κ3) is 8.51. The molecule has 10 nitrogen and oxygen atoms in total. The number of ketones is 1. The number of nitrogens with two attached hydrogens (primary N) is 1. The molecule has 0 aliphatic rings. The summed E-state index contributed by atoms with van der Waals surface area (Å²) in [6.45, 7) is 5.49. The molecular weight excluding hydrogens is 486 g/mol. The van der Waals surface area contributed by atoms with Gasteiger partial charge < -0.3 is 25.1 Å². The molecule has 2 aromatic heterocycles. The zero-order valence-corrected chi connectivity index (χ0v) is 22.5. The van der Waals surface area contributed by atoms with E-state index in [1.54, 1.807) is 0 Å². The second-order valence-electron chi connectivity index (χ2n) is 9.29. The minimum Gasteiger partial charge on any atom is -0.463 e. The second kappa shape index (κ2) is 15.0. The van der Waals surface area contributed by atoms with Crippen LogP contribution in [-0.4, -0.2) is 58.6 Å². The third-order valence-corrected chi connectivity index (χ3v) is 6.26. The highest BCUT2D eigenvalue weighted by Crippen LogP contribution is 2.29. The summed E-state index contributed by atoms with van der Waals surface area (Å²) in [5.41, 5.74) is 8.90. The number of pyridine rings is 1. The number of nitrogens with zero attached hydrogens (tertiary/aromatic N) is 3. The fourth-order valence-electron chi connectivity index (χ4n) is 4.29. The number of fused-ring (bicyclic) bond motifs is 3. The van der Waals surface area contributed by atoms with Gasteiger partial charge in [-0.3, -0.25) is 14.4 Å². The van der Waals surface area contributed by atoms with E-state index in [4.69, 9.17) is 20.2 Å². The van der Waals surface area contributed by atoms with Crippen molar-refractivity contribution in [3.8, 4) is 0 Å². The van der Waals surface area contributed by atoms with Crippen LogP contribution in [0.5, 0.6) is 0 Å². The van der Waals surface area contributed by atoms with Crippen molar-refractivity contribution in [2.24, 2.45) is 0 Å². The molecule has 0 aliphatic heterocycles. The van der Waals surface area contributed by atoms with Crippen molar-refractivity contribution in [3.63, 3.8) is 0 Å². The number of esters is 1. The first-order chi connectivity index (χ1) is 18.4. The molecule has 0 bridgehead atoms. The molecule has 0 unspecified atom stereocenters. The minimum absolute atomic E-state index is 0.0276. The lowest BCUT2D eigenvalue weighted by molar-refractivity contribution is -0.142. The van der Waals surface area contributed by atoms with Crippen LogP contribution in [0, 0.1) is 0 Å². The maximum absolute atomic E-state index is 12.2. The number of hydrogen-bond donors (Lipinski definition) is 2. The van der Waals surface area contributed by atoms with Crippen molar-refractivity contribution >= 4 is 45.4 Å². The van der Waals surface area contributed by atoms with E-state index in [2.05, 4.69) is 27.9 Å². The highest BCUT2D eigenvalue weighted by Gasteiger charge is 2.17. The number of imidazole rings is 1. The number of nitrogens with one attached hydrogen (secondary N) is 1. The molecule has 3 rings (SSSR count). The lowest BCUT2D eigenvalue weighted by Gasteiger charge is -2.11. The van der Waals surface area contributed by atoms with Crippen molar-refractivity contribution in [2.45, 2.75) is 71.8 Å². The SMILES string of the molecule is CCCCc1nc2c(N)nc3ccccc3c2n1CCCCNC(=O)CCC(=O)CCOCCOC(C)=O. The van der Waals surface area contributed by atoms with E-state index < -0.39 is 0 Å². The summed E-state index contributed by atoms with van der Waals surface area (Å²) in [6.07, 6.45) is 5.26. The molecule has 3 N–H and O–H groups in total. The van der Waals surface area contributed by atoms with Gasteiger partial charge in [-0.25, -0.2) is 9.97 Å². The number of ether oxygens (including phenoxy) is 2. The topological polar surface area (TPSA) is 138 Å². The summed E-state index contributed by atoms with van der Waals surface area (Å²) >= 11 is 0. The zero-order valence-electron chi connectivity index (χ0n) is 22.5. The highest BCUT2D eigenvalue weighted by atomic mass is 16.6. The number of aromatic nitrogens is 3. The van der Waals surface area contributed by atoms with Gasteiger partial charge in [0.05, 0.1) is 24.2 Å². The van der Waals surface area contributed by atoms with Crippen LogP contribution >= 0.6 is 0 Å². The Morgan fingerprint density at radius 1 is 1.00 bits per heavy atom. The Balaban J connectivity index is 1.44. The number of anilines is 1. The predicted octanol–water partition coefficient (Wildman–Crippen LogP) is 3.72. The standard InChI is InChI=1S/C28H39N5O5/c1-3-4-11-24-32-26-27(22-9-5-6-10-23(22)31-28(26)29)33(24)16-8-7-15-30-25(36)13-12-21(35)14-17-37-18-19-38-20(2)34/h5-6,9-10H,3-4,7-8,11-19H2,1-2H3,(H2,29,31)(H,30,36). The molecule has 1 aromatic carbocycles. The van der Waals surface area contributed by atoms with Crippen molar-refractivity contribution in [1.29, 1.82) is 0 Å². The zero-order chi connectivity index (χ0) is 27.3. The molecular formula is C28H39N5O5. The van der Waals surface area contributed by atoms with Gasteiger partial charge in [0.2, 0.25) is 5.91 Å². The van der Waals surface area contributed by atoms with Crippen LogP contribution in [0.3, 0.4) is 0 Å². The van der Waals surface area contributed by atoms with E-state index in [1.165, 1.54) is 6.92 Å². The van der Waals surface area contributed by atoms with Gasteiger partial charge in [-0.05, 0) is 25.3 Å². The van der Waals surface area contributed by atoms with Crippen molar-refractivity contribution in [3.05, 3.63) is 30.1 Å². The average Bonchev–Trinajstić information content (AvgIpc) is 3.27. The van der Waals surface area contributed by atoms with Crippen LogP contribution in [0.25, 0.3) is 21.9 Å². The molecule has 206 valence electrons. The first-order valence-corrected chi connectivity index (χ1v) is 13.4. The summed E-state index contributed by atoms with van der Waals surface area (Å²) < 4.78 is 12.3. The molecule has 38 heavy (non-hydrogen) atoms. The summed E-state index contributed by atoms with van der Waals surface area (Å²) in [5, 5.41) is 3.95. The molecule has 0 atom stereocenters. The number of rotatable bonds is 17. The smallest absolute Gasteiger partial charge is 0.302 e. The van der Waals surface area contributed by atoms with Gasteiger partial charge >= 0.3 is 5.97 Å². The van der Waals surface area contributed by atoms with E-state index >= 15 is 0 Å². The number of para-hydroxylation sites is 1. The first-order valence-electron chi connectivity index (χ1n) is 13.4. The molecule has 2 heterocycles. The number of nitrogen functional groups attached to an aromatic ring is 1. The summed E-state index contributed by atoms with van der Waals surface area (Å²) in [6, 6.07) is 7.98. The average molecular weight is 526 g/mol. The summed E-state index contributed by atoms with van der Waals surface area (Å²) in [7, 11) is 0. The Kier molecular flexibility index (Phi) is 11.5. The maximum atomic E-state index is 12.2. The van der Waals surface area contributed by atoms with Gasteiger partial charge in [0.1, 0.15) is 23.7 Å². The second-order valence-corrected chi connectivity index (χ2v) is 9.29. The number of Topliss-reactive ketones (excluding diaryl/α,β-unsaturated/α-hetero) is 1. The fraction of sp³-hybridized carbons (Fsp3) is 0.536. The minimum atomic E-state index is -0.362. The van der Waals surface area contributed by atoms with E-state index in [0.717, 1.165) is 66.4 Å². The summed E-state index contributed by atoms with van der Waals surface area (Å²) in [5.74, 6) is 0.949. The third-order valence-electron chi connectivity index (χ3n) is 6.26. The summed E-state index contributed by atoms with van der Waals surface area (Å²) in [4.78, 5) is 44.2. The van der Waals surface area contributed by atoms with Crippen LogP contribution in [0.1, 0.15) is 64.6 Å². The van der Waals surface area contributed by atoms with Crippen LogP contribution in [0.4, 0.5) is 5.82 Å². The lowest BCUT2D eigenvalue weighted by Crippen LogP contribution is -2.25. The van der Waals surface area contributed by atoms with Crippen LogP contribution in [0.2, 0.25) is 0 Å². The molecule has 0 saturated heterocycles. The number of benzene rings is 1. The number of hydrogen-bond acceptors (Lipinski definition) is 8. The predicted molar refractivity (Wildman–Crippen MR) is 147 cm³/mol. The Morgan fingerprint density at radius 2 is 1.82 bits per heavy atom. The highest BCUT2D eigenvalue weighted by molar-refractivity contribution is 6.06. The molecule has 3 aromatic rings. The van der Waals surface area contributed by atoms with Crippen LogP contribution < -0.4 is 11.1 Å². The number of unbranched alkanes of at least 4 members (excludes halogenated alkanes) is 2. The molecule has 0 saturated carbocycles. The maximum Gasteiger partial charge on any atom is 0.302 e. The van der Waals surface area contributed by atoms with E-state index in [0.29, 0.717) is 12.4 Å². The van der Waals surface area contributed by atoms with E-state index in [1.807, 2.05) is 18.2 Å². The van der Waals surface area contributed by atoms with Gasteiger partial charge in [-0.2, -0.15) is 0 Å². The van der Waals surface area contributed by atoms with Gasteiger partial charge in [0, 0.05) is 51.1 Å². The molecule has 0 spiro atoms. The van der Waals surface area contributed by atoms with E-state index in [-0.39, 0.29) is 56.7 Å². The lowest BCUT2D eigenvalue weighted by atomic mass is 10.1. The monoisotopic (exact) mass is 525 g/mol. The Bertz CT molecular complexity index is 1240. The van der Waals surface area contributed by atoms with Crippen molar-refractivity contribution in [1.82, 2.24) is 19.9 Å².